The van der Waals surface area contributed by atoms with Gasteiger partial charge in [0.1, 0.15) is 17.4 Å². The Morgan fingerprint density at radius 1 is 0.727 bits per heavy atom. The maximum absolute atomic E-state index is 5.84. The number of nitrogens with zero attached hydrogens (tertiary/aromatic N) is 3. The van der Waals surface area contributed by atoms with Crippen LogP contribution in [0, 0.1) is 6.92 Å². The zero-order chi connectivity index (χ0) is 16.5. The lowest BCUT2D eigenvalue weighted by Gasteiger charge is -2.22. The molecular weight excluding hydrogens is 274 g/mol. The second kappa shape index (κ2) is 5.67. The lowest BCUT2D eigenvalue weighted by atomic mass is 9.93. The van der Waals surface area contributed by atoms with E-state index in [2.05, 4.69) is 56.5 Å². The lowest BCUT2D eigenvalue weighted by molar-refractivity contribution is 0.405. The molecular formula is C18H25N3O. The van der Waals surface area contributed by atoms with Gasteiger partial charge in [-0.25, -0.2) is 4.98 Å². The van der Waals surface area contributed by atoms with Gasteiger partial charge in [0.15, 0.2) is 0 Å². The van der Waals surface area contributed by atoms with Gasteiger partial charge in [-0.3, -0.25) is 0 Å². The standard InChI is InChI=1S/C18H25N3O/c1-12-8-10-13(11-9-12)22-16-20-14(17(2,3)4)19-15(21-16)18(5,6)7/h8-11H,1-7H3. The number of hydrogen-bond donors (Lipinski definition) is 0. The molecule has 0 atom stereocenters. The Morgan fingerprint density at radius 2 is 1.18 bits per heavy atom. The fourth-order valence-electron chi connectivity index (χ4n) is 1.78. The highest BCUT2D eigenvalue weighted by Crippen LogP contribution is 2.27. The molecule has 0 aliphatic carbocycles. The Kier molecular flexibility index (Phi) is 4.23. The summed E-state index contributed by atoms with van der Waals surface area (Å²) in [4.78, 5) is 13.6. The van der Waals surface area contributed by atoms with Crippen LogP contribution >= 0.6 is 0 Å². The highest BCUT2D eigenvalue weighted by Gasteiger charge is 2.25. The summed E-state index contributed by atoms with van der Waals surface area (Å²) in [5.74, 6) is 2.22. The third-order valence-electron chi connectivity index (χ3n) is 3.19. The number of benzene rings is 1. The molecule has 118 valence electrons. The molecule has 0 saturated carbocycles. The predicted molar refractivity (Wildman–Crippen MR) is 88.5 cm³/mol. The molecule has 4 nitrogen and oxygen atoms in total. The van der Waals surface area contributed by atoms with E-state index >= 15 is 0 Å². The van der Waals surface area contributed by atoms with Gasteiger partial charge in [-0.15, -0.1) is 0 Å². The van der Waals surface area contributed by atoms with E-state index in [9.17, 15) is 0 Å². The molecule has 0 aliphatic rings. The van der Waals surface area contributed by atoms with Crippen molar-refractivity contribution in [3.63, 3.8) is 0 Å². The molecule has 0 spiro atoms. The van der Waals surface area contributed by atoms with Crippen LogP contribution in [0.1, 0.15) is 58.8 Å². The van der Waals surface area contributed by atoms with Crippen LogP contribution < -0.4 is 4.74 Å². The van der Waals surface area contributed by atoms with Crippen molar-refractivity contribution in [3.8, 4) is 11.8 Å². The summed E-state index contributed by atoms with van der Waals surface area (Å²) in [6.07, 6.45) is 0. The van der Waals surface area contributed by atoms with Crippen LogP contribution in [0.3, 0.4) is 0 Å². The molecule has 0 bridgehead atoms. The Morgan fingerprint density at radius 3 is 1.59 bits per heavy atom. The van der Waals surface area contributed by atoms with E-state index in [0.717, 1.165) is 17.4 Å². The normalized spacial score (nSPS) is 12.3. The largest absolute Gasteiger partial charge is 0.424 e. The SMILES string of the molecule is Cc1ccc(Oc2nc(C(C)(C)C)nc(C(C)(C)C)n2)cc1. The molecule has 4 heteroatoms. The van der Waals surface area contributed by atoms with Crippen molar-refractivity contribution in [1.29, 1.82) is 0 Å². The first-order chi connectivity index (χ1) is 10.1. The van der Waals surface area contributed by atoms with E-state index in [1.54, 1.807) is 0 Å². The second-order valence-corrected chi connectivity index (χ2v) is 7.68. The molecule has 0 radical (unpaired) electrons. The fraction of sp³-hybridized carbons (Fsp3) is 0.500. The molecule has 0 amide bonds. The maximum atomic E-state index is 5.84. The summed E-state index contributed by atoms with van der Waals surface area (Å²) in [7, 11) is 0. The van der Waals surface area contributed by atoms with E-state index in [4.69, 9.17) is 4.74 Å². The first-order valence-corrected chi connectivity index (χ1v) is 7.57. The van der Waals surface area contributed by atoms with E-state index in [0.29, 0.717) is 6.01 Å². The number of ether oxygens (including phenoxy) is 1. The number of aryl methyl sites for hydroxylation is 1. The number of hydrogen-bond acceptors (Lipinski definition) is 4. The summed E-state index contributed by atoms with van der Waals surface area (Å²) in [5, 5.41) is 0. The highest BCUT2D eigenvalue weighted by atomic mass is 16.5. The van der Waals surface area contributed by atoms with E-state index in [-0.39, 0.29) is 10.8 Å². The molecule has 22 heavy (non-hydrogen) atoms. The van der Waals surface area contributed by atoms with Gasteiger partial charge in [0.05, 0.1) is 0 Å². The summed E-state index contributed by atoms with van der Waals surface area (Å²) in [6, 6.07) is 8.21. The van der Waals surface area contributed by atoms with Crippen molar-refractivity contribution in [2.24, 2.45) is 0 Å². The zero-order valence-electron chi connectivity index (χ0n) is 14.6. The van der Waals surface area contributed by atoms with Crippen molar-refractivity contribution in [2.75, 3.05) is 0 Å². The van der Waals surface area contributed by atoms with Crippen molar-refractivity contribution < 1.29 is 4.74 Å². The molecule has 0 unspecified atom stereocenters. The summed E-state index contributed by atoms with van der Waals surface area (Å²) >= 11 is 0. The Hall–Kier alpha value is -1.97. The van der Waals surface area contributed by atoms with E-state index in [1.165, 1.54) is 5.56 Å². The van der Waals surface area contributed by atoms with Crippen LogP contribution in [0.15, 0.2) is 24.3 Å². The molecule has 0 aliphatic heterocycles. The van der Waals surface area contributed by atoms with E-state index in [1.807, 2.05) is 31.2 Å². The maximum Gasteiger partial charge on any atom is 0.325 e. The Bertz CT molecular complexity index is 617. The van der Waals surface area contributed by atoms with Gasteiger partial charge in [-0.2, -0.15) is 9.97 Å². The third-order valence-corrected chi connectivity index (χ3v) is 3.19. The average molecular weight is 299 g/mol. The van der Waals surface area contributed by atoms with Crippen molar-refractivity contribution in [1.82, 2.24) is 15.0 Å². The molecule has 1 aromatic heterocycles. The molecule has 0 fully saturated rings. The zero-order valence-corrected chi connectivity index (χ0v) is 14.6. The smallest absolute Gasteiger partial charge is 0.325 e. The van der Waals surface area contributed by atoms with Gasteiger partial charge in [-0.1, -0.05) is 59.2 Å². The van der Waals surface area contributed by atoms with Gasteiger partial charge >= 0.3 is 6.01 Å². The minimum absolute atomic E-state index is 0.158. The second-order valence-electron chi connectivity index (χ2n) is 7.68. The Labute approximate surface area is 133 Å². The molecule has 0 N–H and O–H groups in total. The van der Waals surface area contributed by atoms with Crippen molar-refractivity contribution >= 4 is 0 Å². The van der Waals surface area contributed by atoms with Crippen LogP contribution in [-0.4, -0.2) is 15.0 Å². The lowest BCUT2D eigenvalue weighted by Crippen LogP contribution is -2.23. The summed E-state index contributed by atoms with van der Waals surface area (Å²) < 4.78 is 5.84. The average Bonchev–Trinajstić information content (AvgIpc) is 2.39. The van der Waals surface area contributed by atoms with Crippen LogP contribution in [0.4, 0.5) is 0 Å². The predicted octanol–water partition coefficient (Wildman–Crippen LogP) is 4.57. The first-order valence-electron chi connectivity index (χ1n) is 7.57. The van der Waals surface area contributed by atoms with Gasteiger partial charge < -0.3 is 4.74 Å². The van der Waals surface area contributed by atoms with Crippen molar-refractivity contribution in [2.45, 2.75) is 59.3 Å². The van der Waals surface area contributed by atoms with E-state index < -0.39 is 0 Å². The molecule has 1 heterocycles. The number of aromatic nitrogens is 3. The van der Waals surface area contributed by atoms with Gasteiger partial charge in [0.2, 0.25) is 0 Å². The van der Waals surface area contributed by atoms with Crippen LogP contribution in [0.25, 0.3) is 0 Å². The molecule has 2 aromatic rings. The minimum Gasteiger partial charge on any atom is -0.424 e. The Balaban J connectivity index is 2.44. The molecule has 0 saturated heterocycles. The van der Waals surface area contributed by atoms with Gasteiger partial charge in [0.25, 0.3) is 0 Å². The van der Waals surface area contributed by atoms with Crippen molar-refractivity contribution in [3.05, 3.63) is 41.5 Å². The molecule has 1 aromatic carbocycles. The number of rotatable bonds is 2. The van der Waals surface area contributed by atoms with Crippen LogP contribution in [0.2, 0.25) is 0 Å². The topological polar surface area (TPSA) is 47.9 Å². The summed E-state index contributed by atoms with van der Waals surface area (Å²) in [6.45, 7) is 14.6. The first kappa shape index (κ1) is 16.4. The molecule has 2 rings (SSSR count). The monoisotopic (exact) mass is 299 g/mol. The van der Waals surface area contributed by atoms with Crippen LogP contribution in [0.5, 0.6) is 11.8 Å². The quantitative estimate of drug-likeness (QED) is 0.815. The minimum atomic E-state index is -0.158. The van der Waals surface area contributed by atoms with Gasteiger partial charge in [-0.05, 0) is 19.1 Å². The summed E-state index contributed by atoms with van der Waals surface area (Å²) in [5.41, 5.74) is 0.872. The third kappa shape index (κ3) is 4.03. The van der Waals surface area contributed by atoms with Crippen LogP contribution in [-0.2, 0) is 10.8 Å². The van der Waals surface area contributed by atoms with Gasteiger partial charge in [0, 0.05) is 10.8 Å². The highest BCUT2D eigenvalue weighted by molar-refractivity contribution is 5.28. The fourth-order valence-corrected chi connectivity index (χ4v) is 1.78.